The van der Waals surface area contributed by atoms with Gasteiger partial charge in [-0.1, -0.05) is 6.92 Å². The summed E-state index contributed by atoms with van der Waals surface area (Å²) in [5.41, 5.74) is 3.32. The van der Waals surface area contributed by atoms with E-state index in [4.69, 9.17) is 0 Å². The van der Waals surface area contributed by atoms with E-state index in [1.54, 1.807) is 0 Å². The Morgan fingerprint density at radius 1 is 1.78 bits per heavy atom. The van der Waals surface area contributed by atoms with Crippen LogP contribution in [0.4, 0.5) is 0 Å². The van der Waals surface area contributed by atoms with Gasteiger partial charge in [-0.25, -0.2) is 5.43 Å². The average Bonchev–Trinajstić information content (AvgIpc) is 2.12. The third-order valence-electron chi connectivity index (χ3n) is 1.57. The van der Waals surface area contributed by atoms with Crippen molar-refractivity contribution in [3.05, 3.63) is 0 Å². The smallest absolute Gasteiger partial charge is 0.248 e. The van der Waals surface area contributed by atoms with E-state index < -0.39 is 0 Å². The molecule has 0 bridgehead atoms. The molecule has 0 aromatic rings. The SMILES string of the molecule is CC[C@@H]1C(=O)NN=C1C. The maximum absolute atomic E-state index is 10.8. The molecule has 0 saturated heterocycles. The average molecular weight is 126 g/mol. The van der Waals surface area contributed by atoms with Gasteiger partial charge in [-0.3, -0.25) is 4.79 Å². The Morgan fingerprint density at radius 2 is 2.44 bits per heavy atom. The van der Waals surface area contributed by atoms with Crippen molar-refractivity contribution in [2.75, 3.05) is 0 Å². The van der Waals surface area contributed by atoms with Crippen LogP contribution in [-0.2, 0) is 4.79 Å². The lowest BCUT2D eigenvalue weighted by Crippen LogP contribution is -2.21. The van der Waals surface area contributed by atoms with E-state index in [0.29, 0.717) is 0 Å². The molecule has 0 spiro atoms. The van der Waals surface area contributed by atoms with E-state index in [-0.39, 0.29) is 11.8 Å². The van der Waals surface area contributed by atoms with Crippen LogP contribution in [0.15, 0.2) is 5.10 Å². The molecule has 0 aliphatic carbocycles. The van der Waals surface area contributed by atoms with Gasteiger partial charge in [0.05, 0.1) is 5.92 Å². The van der Waals surface area contributed by atoms with E-state index in [0.717, 1.165) is 12.1 Å². The highest BCUT2D eigenvalue weighted by molar-refractivity contribution is 6.06. The second kappa shape index (κ2) is 2.17. The lowest BCUT2D eigenvalue weighted by Gasteiger charge is -1.99. The van der Waals surface area contributed by atoms with Crippen molar-refractivity contribution in [3.8, 4) is 0 Å². The molecule has 1 aliphatic rings. The van der Waals surface area contributed by atoms with Crippen LogP contribution in [0.2, 0.25) is 0 Å². The number of amides is 1. The molecule has 1 rings (SSSR count). The van der Waals surface area contributed by atoms with Crippen LogP contribution in [-0.4, -0.2) is 11.6 Å². The fourth-order valence-corrected chi connectivity index (χ4v) is 0.970. The first-order valence-corrected chi connectivity index (χ1v) is 3.09. The van der Waals surface area contributed by atoms with Crippen molar-refractivity contribution in [2.24, 2.45) is 11.0 Å². The molecule has 1 atom stereocenters. The fourth-order valence-electron chi connectivity index (χ4n) is 0.970. The Hall–Kier alpha value is -0.860. The third-order valence-corrected chi connectivity index (χ3v) is 1.57. The fraction of sp³-hybridized carbons (Fsp3) is 0.667. The van der Waals surface area contributed by atoms with Crippen LogP contribution < -0.4 is 5.43 Å². The molecule has 3 heteroatoms. The normalized spacial score (nSPS) is 25.8. The lowest BCUT2D eigenvalue weighted by molar-refractivity contribution is -0.122. The van der Waals surface area contributed by atoms with Crippen LogP contribution in [0.3, 0.4) is 0 Å². The third kappa shape index (κ3) is 0.943. The predicted molar refractivity (Wildman–Crippen MR) is 35.0 cm³/mol. The zero-order chi connectivity index (χ0) is 6.85. The molecule has 0 fully saturated rings. The van der Waals surface area contributed by atoms with Gasteiger partial charge in [-0.05, 0) is 13.3 Å². The van der Waals surface area contributed by atoms with E-state index in [9.17, 15) is 4.79 Å². The zero-order valence-corrected chi connectivity index (χ0v) is 5.64. The summed E-state index contributed by atoms with van der Waals surface area (Å²) >= 11 is 0. The first-order chi connectivity index (χ1) is 4.25. The molecule has 3 nitrogen and oxygen atoms in total. The molecule has 0 radical (unpaired) electrons. The monoisotopic (exact) mass is 126 g/mol. The molecule has 1 N–H and O–H groups in total. The lowest BCUT2D eigenvalue weighted by atomic mass is 10.0. The minimum Gasteiger partial charge on any atom is -0.272 e. The van der Waals surface area contributed by atoms with Gasteiger partial charge in [0.2, 0.25) is 5.91 Å². The summed E-state index contributed by atoms with van der Waals surface area (Å²) in [5.74, 6) is 0.0694. The van der Waals surface area contributed by atoms with E-state index in [1.807, 2.05) is 13.8 Å². The maximum Gasteiger partial charge on any atom is 0.248 e. The molecule has 0 aromatic heterocycles. The first-order valence-electron chi connectivity index (χ1n) is 3.09. The Bertz CT molecular complexity index is 162. The number of nitrogens with one attached hydrogen (secondary N) is 1. The Morgan fingerprint density at radius 3 is 2.67 bits per heavy atom. The van der Waals surface area contributed by atoms with Crippen molar-refractivity contribution in [2.45, 2.75) is 20.3 Å². The molecule has 0 saturated carbocycles. The number of nitrogens with zero attached hydrogens (tertiary/aromatic N) is 1. The van der Waals surface area contributed by atoms with Crippen molar-refractivity contribution in [1.29, 1.82) is 0 Å². The van der Waals surface area contributed by atoms with Crippen molar-refractivity contribution < 1.29 is 4.79 Å². The summed E-state index contributed by atoms with van der Waals surface area (Å²) in [4.78, 5) is 10.8. The zero-order valence-electron chi connectivity index (χ0n) is 5.64. The topological polar surface area (TPSA) is 41.5 Å². The molecule has 0 aromatic carbocycles. The van der Waals surface area contributed by atoms with Gasteiger partial charge in [0.25, 0.3) is 0 Å². The highest BCUT2D eigenvalue weighted by Gasteiger charge is 2.23. The predicted octanol–water partition coefficient (Wildman–Crippen LogP) is 0.518. The molecular weight excluding hydrogens is 116 g/mol. The highest BCUT2D eigenvalue weighted by Crippen LogP contribution is 2.09. The molecule has 1 heterocycles. The second-order valence-electron chi connectivity index (χ2n) is 2.19. The number of hydrazone groups is 1. The van der Waals surface area contributed by atoms with Crippen LogP contribution in [0.5, 0.6) is 0 Å². The number of carbonyl (C=O) groups is 1. The second-order valence-corrected chi connectivity index (χ2v) is 2.19. The van der Waals surface area contributed by atoms with Gasteiger partial charge in [-0.2, -0.15) is 5.10 Å². The summed E-state index contributed by atoms with van der Waals surface area (Å²) in [5, 5.41) is 3.79. The van der Waals surface area contributed by atoms with Gasteiger partial charge >= 0.3 is 0 Å². The van der Waals surface area contributed by atoms with Crippen molar-refractivity contribution in [1.82, 2.24) is 5.43 Å². The van der Waals surface area contributed by atoms with Crippen molar-refractivity contribution in [3.63, 3.8) is 0 Å². The van der Waals surface area contributed by atoms with Gasteiger partial charge in [0.15, 0.2) is 0 Å². The summed E-state index contributed by atoms with van der Waals surface area (Å²) in [6.45, 7) is 3.85. The Balaban J connectivity index is 2.67. The minimum atomic E-state index is 0.0324. The first kappa shape index (κ1) is 6.26. The summed E-state index contributed by atoms with van der Waals surface area (Å²) in [7, 11) is 0. The Labute approximate surface area is 54.1 Å². The standard InChI is InChI=1S/C6H10N2O/c1-3-5-4(2)7-8-6(5)9/h5H,3H2,1-2H3,(H,8,9)/t5-/m0/s1. The molecule has 50 valence electrons. The number of carbonyl (C=O) groups excluding carboxylic acids is 1. The Kier molecular flexibility index (Phi) is 1.51. The summed E-state index contributed by atoms with van der Waals surface area (Å²) in [6, 6.07) is 0. The van der Waals surface area contributed by atoms with E-state index >= 15 is 0 Å². The van der Waals surface area contributed by atoms with Gasteiger partial charge < -0.3 is 0 Å². The number of hydrogen-bond donors (Lipinski definition) is 1. The largest absolute Gasteiger partial charge is 0.272 e. The van der Waals surface area contributed by atoms with Crippen molar-refractivity contribution >= 4 is 11.6 Å². The molecule has 1 aliphatic heterocycles. The number of hydrogen-bond acceptors (Lipinski definition) is 2. The van der Waals surface area contributed by atoms with Gasteiger partial charge in [0.1, 0.15) is 0 Å². The maximum atomic E-state index is 10.8. The van der Waals surface area contributed by atoms with Crippen LogP contribution in [0.25, 0.3) is 0 Å². The highest BCUT2D eigenvalue weighted by atomic mass is 16.2. The van der Waals surface area contributed by atoms with E-state index in [2.05, 4.69) is 10.5 Å². The van der Waals surface area contributed by atoms with E-state index in [1.165, 1.54) is 0 Å². The number of rotatable bonds is 1. The minimum absolute atomic E-state index is 0.0324. The van der Waals surface area contributed by atoms with Gasteiger partial charge in [-0.15, -0.1) is 0 Å². The van der Waals surface area contributed by atoms with Gasteiger partial charge in [0, 0.05) is 5.71 Å². The molecule has 0 unspecified atom stereocenters. The summed E-state index contributed by atoms with van der Waals surface area (Å²) < 4.78 is 0. The summed E-state index contributed by atoms with van der Waals surface area (Å²) in [6.07, 6.45) is 0.848. The van der Waals surface area contributed by atoms with Crippen LogP contribution in [0.1, 0.15) is 20.3 Å². The van der Waals surface area contributed by atoms with Crippen LogP contribution in [0, 0.1) is 5.92 Å². The van der Waals surface area contributed by atoms with Crippen LogP contribution >= 0.6 is 0 Å². The molecular formula is C6H10N2O. The quantitative estimate of drug-likeness (QED) is 0.546. The molecule has 9 heavy (non-hydrogen) atoms. The molecule has 1 amide bonds.